The lowest BCUT2D eigenvalue weighted by molar-refractivity contribution is 0.771. The first-order valence-corrected chi connectivity index (χ1v) is 14.2. The minimum absolute atomic E-state index is 0.826. The molecule has 0 unspecified atom stereocenters. The Labute approximate surface area is 248 Å². The molecule has 43 heavy (non-hydrogen) atoms. The van der Waals surface area contributed by atoms with Crippen molar-refractivity contribution in [2.45, 2.75) is 0 Å². The number of benzene rings is 5. The molecule has 0 aliphatic carbocycles. The van der Waals surface area contributed by atoms with Gasteiger partial charge in [0.2, 0.25) is 0 Å². The van der Waals surface area contributed by atoms with Crippen LogP contribution in [0.1, 0.15) is 0 Å². The molecule has 202 valence electrons. The second-order valence-electron chi connectivity index (χ2n) is 10.5. The summed E-state index contributed by atoms with van der Waals surface area (Å²) < 4.78 is 0. The average Bonchev–Trinajstić information content (AvgIpc) is 3.53. The van der Waals surface area contributed by atoms with Crippen LogP contribution in [-0.4, -0.2) is 25.0 Å². The van der Waals surface area contributed by atoms with Crippen molar-refractivity contribution >= 4 is 21.8 Å². The van der Waals surface area contributed by atoms with E-state index in [-0.39, 0.29) is 0 Å². The third-order valence-electron chi connectivity index (χ3n) is 7.76. The van der Waals surface area contributed by atoms with Crippen LogP contribution in [0.2, 0.25) is 0 Å². The van der Waals surface area contributed by atoms with E-state index in [4.69, 9.17) is 10.2 Å². The standard InChI is InChI=1S/C38H25N5/c1-2-16-32-26(10-1)11-9-19-37(32)43-41-36-25-31(27-12-7-14-29(22-27)34-17-3-5-20-39-34)24-33(38(36)42-43)28-13-8-15-30(23-28)35-18-4-6-21-40-35/h1-25H. The summed E-state index contributed by atoms with van der Waals surface area (Å²) in [7, 11) is 0. The first-order chi connectivity index (χ1) is 21.3. The summed E-state index contributed by atoms with van der Waals surface area (Å²) in [4.78, 5) is 10.9. The molecule has 0 N–H and O–H groups in total. The maximum absolute atomic E-state index is 5.09. The highest BCUT2D eigenvalue weighted by Gasteiger charge is 2.16. The minimum Gasteiger partial charge on any atom is -0.256 e. The first kappa shape index (κ1) is 24.8. The van der Waals surface area contributed by atoms with Gasteiger partial charge in [0.05, 0.1) is 17.1 Å². The quantitative estimate of drug-likeness (QED) is 0.214. The molecule has 0 bridgehead atoms. The molecule has 5 aromatic carbocycles. The minimum atomic E-state index is 0.826. The van der Waals surface area contributed by atoms with E-state index in [1.165, 1.54) is 0 Å². The van der Waals surface area contributed by atoms with Crippen LogP contribution in [0.3, 0.4) is 0 Å². The summed E-state index contributed by atoms with van der Waals surface area (Å²) in [5.74, 6) is 0. The van der Waals surface area contributed by atoms with Crippen LogP contribution in [-0.2, 0) is 0 Å². The summed E-state index contributed by atoms with van der Waals surface area (Å²) in [6.07, 6.45) is 3.65. The molecule has 0 atom stereocenters. The molecule has 3 heterocycles. The summed E-state index contributed by atoms with van der Waals surface area (Å²) in [5, 5.41) is 12.4. The van der Waals surface area contributed by atoms with Crippen molar-refractivity contribution in [3.63, 3.8) is 0 Å². The molecule has 0 spiro atoms. The zero-order chi connectivity index (χ0) is 28.6. The van der Waals surface area contributed by atoms with Crippen molar-refractivity contribution in [2.24, 2.45) is 0 Å². The number of hydrogen-bond donors (Lipinski definition) is 0. The molecule has 8 aromatic rings. The fraction of sp³-hybridized carbons (Fsp3) is 0. The highest BCUT2D eigenvalue weighted by molar-refractivity contribution is 5.97. The average molecular weight is 552 g/mol. The van der Waals surface area contributed by atoms with Gasteiger partial charge in [0.25, 0.3) is 0 Å². The number of hydrogen-bond acceptors (Lipinski definition) is 4. The Bertz CT molecular complexity index is 2230. The summed E-state index contributed by atoms with van der Waals surface area (Å²) in [6.45, 7) is 0. The van der Waals surface area contributed by atoms with Gasteiger partial charge in [-0.05, 0) is 76.7 Å². The molecule has 5 nitrogen and oxygen atoms in total. The molecule has 0 saturated carbocycles. The number of rotatable bonds is 5. The lowest BCUT2D eigenvalue weighted by Gasteiger charge is -2.10. The van der Waals surface area contributed by atoms with Crippen LogP contribution in [0, 0.1) is 0 Å². The number of pyridine rings is 2. The van der Waals surface area contributed by atoms with Crippen molar-refractivity contribution in [1.82, 2.24) is 25.0 Å². The molecule has 0 amide bonds. The Kier molecular flexibility index (Phi) is 6.05. The van der Waals surface area contributed by atoms with E-state index in [0.29, 0.717) is 0 Å². The fourth-order valence-corrected chi connectivity index (χ4v) is 5.67. The van der Waals surface area contributed by atoms with Crippen molar-refractivity contribution < 1.29 is 0 Å². The van der Waals surface area contributed by atoms with Crippen LogP contribution in [0.5, 0.6) is 0 Å². The molecular weight excluding hydrogens is 526 g/mol. The molecule has 5 heteroatoms. The van der Waals surface area contributed by atoms with Gasteiger partial charge in [0.15, 0.2) is 0 Å². The summed E-state index contributed by atoms with van der Waals surface area (Å²) in [6, 6.07) is 47.9. The molecule has 3 aromatic heterocycles. The molecule has 0 aliphatic heterocycles. The van der Waals surface area contributed by atoms with Gasteiger partial charge in [-0.25, -0.2) is 0 Å². The molecular formula is C38H25N5. The maximum atomic E-state index is 5.09. The van der Waals surface area contributed by atoms with Crippen LogP contribution >= 0.6 is 0 Å². The van der Waals surface area contributed by atoms with Gasteiger partial charge in [-0.1, -0.05) is 84.9 Å². The Balaban J connectivity index is 1.34. The Hall–Kier alpha value is -5.94. The van der Waals surface area contributed by atoms with E-state index in [1.54, 1.807) is 4.80 Å². The van der Waals surface area contributed by atoms with Gasteiger partial charge in [-0.2, -0.15) is 0 Å². The predicted molar refractivity (Wildman–Crippen MR) is 174 cm³/mol. The number of aromatic nitrogens is 5. The predicted octanol–water partition coefficient (Wildman–Crippen LogP) is 9.03. The van der Waals surface area contributed by atoms with Gasteiger partial charge in [-0.15, -0.1) is 15.0 Å². The normalized spacial score (nSPS) is 11.3. The van der Waals surface area contributed by atoms with Gasteiger partial charge in [0, 0.05) is 34.5 Å². The van der Waals surface area contributed by atoms with Gasteiger partial charge in [-0.3, -0.25) is 9.97 Å². The molecule has 8 rings (SSSR count). The smallest absolute Gasteiger partial charge is 0.121 e. The van der Waals surface area contributed by atoms with Gasteiger partial charge in [0.1, 0.15) is 11.0 Å². The third kappa shape index (κ3) is 4.63. The van der Waals surface area contributed by atoms with E-state index in [0.717, 1.165) is 72.3 Å². The topological polar surface area (TPSA) is 56.5 Å². The second-order valence-corrected chi connectivity index (χ2v) is 10.5. The second kappa shape index (κ2) is 10.5. The number of nitrogens with zero attached hydrogens (tertiary/aromatic N) is 5. The molecule has 0 aliphatic rings. The number of fused-ring (bicyclic) bond motifs is 2. The van der Waals surface area contributed by atoms with Crippen molar-refractivity contribution in [3.05, 3.63) is 152 Å². The lowest BCUT2D eigenvalue weighted by Crippen LogP contribution is -1.99. The van der Waals surface area contributed by atoms with Crippen molar-refractivity contribution in [2.75, 3.05) is 0 Å². The fourth-order valence-electron chi connectivity index (χ4n) is 5.67. The summed E-state index contributed by atoms with van der Waals surface area (Å²) >= 11 is 0. The van der Waals surface area contributed by atoms with Crippen molar-refractivity contribution in [3.8, 4) is 50.5 Å². The molecule has 0 fully saturated rings. The summed E-state index contributed by atoms with van der Waals surface area (Å²) in [5.41, 5.74) is 10.8. The zero-order valence-electron chi connectivity index (χ0n) is 23.2. The van der Waals surface area contributed by atoms with Crippen molar-refractivity contribution in [1.29, 1.82) is 0 Å². The first-order valence-electron chi connectivity index (χ1n) is 14.2. The van der Waals surface area contributed by atoms with E-state index >= 15 is 0 Å². The van der Waals surface area contributed by atoms with E-state index < -0.39 is 0 Å². The van der Waals surface area contributed by atoms with E-state index in [1.807, 2.05) is 48.8 Å². The zero-order valence-corrected chi connectivity index (χ0v) is 23.2. The Morgan fingerprint density at radius 2 is 1.07 bits per heavy atom. The van der Waals surface area contributed by atoms with Crippen LogP contribution in [0.4, 0.5) is 0 Å². The Morgan fingerprint density at radius 3 is 1.81 bits per heavy atom. The van der Waals surface area contributed by atoms with Crippen LogP contribution in [0.15, 0.2) is 152 Å². The highest BCUT2D eigenvalue weighted by Crippen LogP contribution is 2.36. The molecule has 0 radical (unpaired) electrons. The van der Waals surface area contributed by atoms with Crippen LogP contribution < -0.4 is 0 Å². The Morgan fingerprint density at radius 1 is 0.442 bits per heavy atom. The molecule has 0 saturated heterocycles. The van der Waals surface area contributed by atoms with Crippen LogP contribution in [0.25, 0.3) is 72.3 Å². The van der Waals surface area contributed by atoms with E-state index in [2.05, 4.69) is 113 Å². The van der Waals surface area contributed by atoms with E-state index in [9.17, 15) is 0 Å². The van der Waals surface area contributed by atoms with Gasteiger partial charge >= 0.3 is 0 Å². The maximum Gasteiger partial charge on any atom is 0.121 e. The monoisotopic (exact) mass is 551 g/mol. The lowest BCUT2D eigenvalue weighted by atomic mass is 9.95. The highest BCUT2D eigenvalue weighted by atomic mass is 15.5. The van der Waals surface area contributed by atoms with Gasteiger partial charge < -0.3 is 0 Å². The largest absolute Gasteiger partial charge is 0.256 e. The SMILES string of the molecule is c1ccc(-c2cccc(-c3cc(-c4cccc(-c5ccccn5)c4)c4nn(-c5cccc6ccccc56)nc4c3)c2)nc1. The third-order valence-corrected chi connectivity index (χ3v) is 7.76.